The third-order valence-electron chi connectivity index (χ3n) is 3.77. The van der Waals surface area contributed by atoms with E-state index in [1.54, 1.807) is 12.3 Å². The first kappa shape index (κ1) is 9.90. The minimum atomic E-state index is 0.105. The lowest BCUT2D eigenvalue weighted by Crippen LogP contribution is -2.50. The van der Waals surface area contributed by atoms with Crippen LogP contribution in [-0.4, -0.2) is 28.9 Å². The minimum absolute atomic E-state index is 0.105. The van der Waals surface area contributed by atoms with Crippen molar-refractivity contribution in [1.29, 1.82) is 0 Å². The molecule has 1 aromatic rings. The van der Waals surface area contributed by atoms with Crippen molar-refractivity contribution in [2.45, 2.75) is 43.8 Å². The van der Waals surface area contributed by atoms with Gasteiger partial charge in [0.15, 0.2) is 0 Å². The van der Waals surface area contributed by atoms with Crippen molar-refractivity contribution >= 4 is 5.91 Å². The van der Waals surface area contributed by atoms with Gasteiger partial charge in [-0.3, -0.25) is 4.79 Å². The van der Waals surface area contributed by atoms with Crippen molar-refractivity contribution < 1.29 is 9.21 Å². The topological polar surface area (TPSA) is 59.5 Å². The maximum atomic E-state index is 12.3. The van der Waals surface area contributed by atoms with Gasteiger partial charge in [0.05, 0.1) is 11.8 Å². The van der Waals surface area contributed by atoms with Gasteiger partial charge in [-0.25, -0.2) is 0 Å². The van der Waals surface area contributed by atoms with Gasteiger partial charge in [0, 0.05) is 18.1 Å². The van der Waals surface area contributed by atoms with Crippen molar-refractivity contribution in [3.05, 3.63) is 24.2 Å². The van der Waals surface area contributed by atoms with E-state index in [4.69, 9.17) is 10.2 Å². The zero-order valence-corrected chi connectivity index (χ0v) is 9.13. The van der Waals surface area contributed by atoms with Gasteiger partial charge in [-0.15, -0.1) is 0 Å². The molecule has 2 fully saturated rings. The second-order valence-corrected chi connectivity index (χ2v) is 4.84. The minimum Gasteiger partial charge on any atom is -0.472 e. The van der Waals surface area contributed by atoms with E-state index in [1.807, 2.05) is 4.90 Å². The molecule has 1 aromatic heterocycles. The van der Waals surface area contributed by atoms with Gasteiger partial charge in [0.1, 0.15) is 6.26 Å². The van der Waals surface area contributed by atoms with Crippen molar-refractivity contribution in [3.8, 4) is 0 Å². The standard InChI is InChI=1S/C12H16N2O2/c13-9-5-10-1-2-11(6-9)14(10)12(15)8-3-4-16-7-8/h3-4,7,9-11H,1-2,5-6,13H2. The summed E-state index contributed by atoms with van der Waals surface area (Å²) in [6.45, 7) is 0. The van der Waals surface area contributed by atoms with E-state index in [0.717, 1.165) is 25.7 Å². The summed E-state index contributed by atoms with van der Waals surface area (Å²) in [5.74, 6) is 0.105. The van der Waals surface area contributed by atoms with Gasteiger partial charge < -0.3 is 15.1 Å². The van der Waals surface area contributed by atoms with E-state index >= 15 is 0 Å². The van der Waals surface area contributed by atoms with Crippen LogP contribution in [0.2, 0.25) is 0 Å². The molecule has 0 spiro atoms. The highest BCUT2D eigenvalue weighted by Gasteiger charge is 2.42. The highest BCUT2D eigenvalue weighted by Crippen LogP contribution is 2.36. The van der Waals surface area contributed by atoms with Gasteiger partial charge in [0.25, 0.3) is 5.91 Å². The van der Waals surface area contributed by atoms with Crippen LogP contribution in [0.15, 0.2) is 23.0 Å². The summed E-state index contributed by atoms with van der Waals surface area (Å²) in [5, 5.41) is 0. The molecule has 3 rings (SSSR count). The molecule has 4 heteroatoms. The molecule has 3 heterocycles. The third-order valence-corrected chi connectivity index (χ3v) is 3.77. The largest absolute Gasteiger partial charge is 0.472 e. The number of piperidine rings is 1. The second-order valence-electron chi connectivity index (χ2n) is 4.84. The highest BCUT2D eigenvalue weighted by atomic mass is 16.3. The van der Waals surface area contributed by atoms with E-state index in [0.29, 0.717) is 17.6 Å². The molecule has 2 N–H and O–H groups in total. The normalized spacial score (nSPS) is 33.1. The van der Waals surface area contributed by atoms with Gasteiger partial charge in [-0.05, 0) is 31.7 Å². The van der Waals surface area contributed by atoms with Crippen LogP contribution in [0.4, 0.5) is 0 Å². The molecule has 86 valence electrons. The average molecular weight is 220 g/mol. The Morgan fingerprint density at radius 2 is 2.06 bits per heavy atom. The molecular weight excluding hydrogens is 204 g/mol. The highest BCUT2D eigenvalue weighted by molar-refractivity contribution is 5.94. The molecule has 0 aliphatic carbocycles. The molecule has 0 aromatic carbocycles. The molecule has 2 bridgehead atoms. The Bertz CT molecular complexity index is 374. The molecule has 0 radical (unpaired) electrons. The fraction of sp³-hybridized carbons (Fsp3) is 0.583. The second kappa shape index (κ2) is 3.63. The molecule has 2 unspecified atom stereocenters. The lowest BCUT2D eigenvalue weighted by Gasteiger charge is -2.37. The molecule has 1 amide bonds. The first-order chi connectivity index (χ1) is 7.75. The van der Waals surface area contributed by atoms with Crippen LogP contribution in [0.3, 0.4) is 0 Å². The molecule has 0 saturated carbocycles. The first-order valence-corrected chi connectivity index (χ1v) is 5.86. The predicted octanol–water partition coefficient (Wildman–Crippen LogP) is 1.37. The number of amides is 1. The van der Waals surface area contributed by atoms with Crippen molar-refractivity contribution in [1.82, 2.24) is 4.90 Å². The Hall–Kier alpha value is -1.29. The van der Waals surface area contributed by atoms with Crippen LogP contribution in [0.1, 0.15) is 36.0 Å². The summed E-state index contributed by atoms with van der Waals surface area (Å²) in [4.78, 5) is 14.3. The lowest BCUT2D eigenvalue weighted by atomic mass is 9.97. The van der Waals surface area contributed by atoms with E-state index in [1.165, 1.54) is 6.26 Å². The number of carbonyl (C=O) groups is 1. The van der Waals surface area contributed by atoms with Gasteiger partial charge in [0.2, 0.25) is 0 Å². The number of nitrogens with two attached hydrogens (primary N) is 1. The van der Waals surface area contributed by atoms with Crippen LogP contribution in [0.25, 0.3) is 0 Å². The Kier molecular flexibility index (Phi) is 2.24. The van der Waals surface area contributed by atoms with Crippen LogP contribution < -0.4 is 5.73 Å². The number of carbonyl (C=O) groups excluding carboxylic acids is 1. The number of hydrogen-bond donors (Lipinski definition) is 1. The summed E-state index contributed by atoms with van der Waals surface area (Å²) >= 11 is 0. The Labute approximate surface area is 94.4 Å². The van der Waals surface area contributed by atoms with Crippen LogP contribution in [0.5, 0.6) is 0 Å². The van der Waals surface area contributed by atoms with Crippen molar-refractivity contribution in [2.24, 2.45) is 5.73 Å². The molecule has 2 aliphatic rings. The van der Waals surface area contributed by atoms with Crippen LogP contribution in [0, 0.1) is 0 Å². The summed E-state index contributed by atoms with van der Waals surface area (Å²) in [5.41, 5.74) is 6.64. The fourth-order valence-corrected chi connectivity index (χ4v) is 3.09. The Morgan fingerprint density at radius 1 is 1.38 bits per heavy atom. The first-order valence-electron chi connectivity index (χ1n) is 5.86. The lowest BCUT2D eigenvalue weighted by molar-refractivity contribution is 0.0574. The monoisotopic (exact) mass is 220 g/mol. The molecule has 2 atom stereocenters. The van der Waals surface area contributed by atoms with Gasteiger partial charge >= 0.3 is 0 Å². The molecule has 2 aliphatic heterocycles. The maximum Gasteiger partial charge on any atom is 0.257 e. The van der Waals surface area contributed by atoms with Crippen molar-refractivity contribution in [2.75, 3.05) is 0 Å². The number of rotatable bonds is 1. The zero-order valence-electron chi connectivity index (χ0n) is 9.13. The Balaban J connectivity index is 1.84. The van der Waals surface area contributed by atoms with Gasteiger partial charge in [-0.2, -0.15) is 0 Å². The number of fused-ring (bicyclic) bond motifs is 2. The quantitative estimate of drug-likeness (QED) is 0.777. The number of furan rings is 1. The average Bonchev–Trinajstić information content (AvgIpc) is 2.85. The number of hydrogen-bond acceptors (Lipinski definition) is 3. The Morgan fingerprint density at radius 3 is 2.62 bits per heavy atom. The SMILES string of the molecule is NC1CC2CCC(C1)N2C(=O)c1ccoc1. The smallest absolute Gasteiger partial charge is 0.257 e. The summed E-state index contributed by atoms with van der Waals surface area (Å²) in [6, 6.07) is 2.69. The zero-order chi connectivity index (χ0) is 11.1. The van der Waals surface area contributed by atoms with E-state index in [-0.39, 0.29) is 11.9 Å². The summed E-state index contributed by atoms with van der Waals surface area (Å²) in [7, 11) is 0. The van der Waals surface area contributed by atoms with Gasteiger partial charge in [-0.1, -0.05) is 0 Å². The third kappa shape index (κ3) is 1.45. The molecular formula is C12H16N2O2. The van der Waals surface area contributed by atoms with E-state index in [9.17, 15) is 4.79 Å². The number of nitrogens with zero attached hydrogens (tertiary/aromatic N) is 1. The van der Waals surface area contributed by atoms with Crippen LogP contribution >= 0.6 is 0 Å². The summed E-state index contributed by atoms with van der Waals surface area (Å²) in [6.07, 6.45) is 7.16. The maximum absolute atomic E-state index is 12.3. The molecule has 2 saturated heterocycles. The van der Waals surface area contributed by atoms with E-state index in [2.05, 4.69) is 0 Å². The fourth-order valence-electron chi connectivity index (χ4n) is 3.09. The molecule has 16 heavy (non-hydrogen) atoms. The predicted molar refractivity (Wildman–Crippen MR) is 58.9 cm³/mol. The van der Waals surface area contributed by atoms with Crippen molar-refractivity contribution in [3.63, 3.8) is 0 Å². The van der Waals surface area contributed by atoms with E-state index < -0.39 is 0 Å². The van der Waals surface area contributed by atoms with Crippen LogP contribution in [-0.2, 0) is 0 Å². The summed E-state index contributed by atoms with van der Waals surface area (Å²) < 4.78 is 4.97. The molecule has 4 nitrogen and oxygen atoms in total.